The average molecular weight is 264 g/mol. The molecule has 1 fully saturated rings. The van der Waals surface area contributed by atoms with Gasteiger partial charge in [0.05, 0.1) is 6.33 Å². The Balaban J connectivity index is 2.13. The lowest BCUT2D eigenvalue weighted by atomic mass is 9.96. The van der Waals surface area contributed by atoms with Crippen molar-refractivity contribution in [1.29, 1.82) is 0 Å². The normalized spacial score (nSPS) is 21.4. The van der Waals surface area contributed by atoms with Crippen LogP contribution >= 0.6 is 0 Å². The summed E-state index contributed by atoms with van der Waals surface area (Å²) in [5, 5.41) is 3.56. The van der Waals surface area contributed by atoms with Crippen LogP contribution in [0.1, 0.15) is 39.5 Å². The van der Waals surface area contributed by atoms with E-state index in [0.29, 0.717) is 12.1 Å². The maximum absolute atomic E-state index is 11.4. The SMILES string of the molecule is CCCNC(C)C1CCCCN1c1cc(=O)[nH]cn1. The van der Waals surface area contributed by atoms with Crippen LogP contribution < -0.4 is 15.8 Å². The Morgan fingerprint density at radius 1 is 1.58 bits per heavy atom. The van der Waals surface area contributed by atoms with Gasteiger partial charge in [0.25, 0.3) is 5.56 Å². The van der Waals surface area contributed by atoms with E-state index >= 15 is 0 Å². The van der Waals surface area contributed by atoms with Crippen LogP contribution in [0.25, 0.3) is 0 Å². The smallest absolute Gasteiger partial charge is 0.252 e. The monoisotopic (exact) mass is 264 g/mol. The molecular formula is C14H24N4O. The molecule has 1 saturated heterocycles. The second-order valence-corrected chi connectivity index (χ2v) is 5.27. The topological polar surface area (TPSA) is 61.0 Å². The average Bonchev–Trinajstić information content (AvgIpc) is 2.45. The number of aromatic amines is 1. The number of nitrogens with zero attached hydrogens (tertiary/aromatic N) is 2. The van der Waals surface area contributed by atoms with Gasteiger partial charge in [0, 0.05) is 24.7 Å². The quantitative estimate of drug-likeness (QED) is 0.846. The summed E-state index contributed by atoms with van der Waals surface area (Å²) in [6, 6.07) is 2.45. The van der Waals surface area contributed by atoms with Crippen molar-refractivity contribution in [1.82, 2.24) is 15.3 Å². The highest BCUT2D eigenvalue weighted by molar-refractivity contribution is 5.39. The van der Waals surface area contributed by atoms with Crippen LogP contribution in [0.3, 0.4) is 0 Å². The van der Waals surface area contributed by atoms with Crippen LogP contribution in [-0.2, 0) is 0 Å². The molecule has 0 amide bonds. The molecule has 1 aromatic heterocycles. The second-order valence-electron chi connectivity index (χ2n) is 5.27. The maximum atomic E-state index is 11.4. The van der Waals surface area contributed by atoms with E-state index in [1.165, 1.54) is 19.2 Å². The molecule has 2 unspecified atom stereocenters. The molecule has 0 aromatic carbocycles. The molecule has 0 saturated carbocycles. The van der Waals surface area contributed by atoms with Crippen LogP contribution in [0.4, 0.5) is 5.82 Å². The summed E-state index contributed by atoms with van der Waals surface area (Å²) in [4.78, 5) is 20.6. The summed E-state index contributed by atoms with van der Waals surface area (Å²) in [5.41, 5.74) is -0.0801. The van der Waals surface area contributed by atoms with Crippen LogP contribution in [0.15, 0.2) is 17.2 Å². The van der Waals surface area contributed by atoms with Crippen molar-refractivity contribution in [3.8, 4) is 0 Å². The second kappa shape index (κ2) is 6.70. The molecule has 1 aliphatic heterocycles. The van der Waals surface area contributed by atoms with Gasteiger partial charge in [0.2, 0.25) is 0 Å². The molecular weight excluding hydrogens is 240 g/mol. The lowest BCUT2D eigenvalue weighted by Crippen LogP contribution is -2.51. The largest absolute Gasteiger partial charge is 0.352 e. The fourth-order valence-electron chi connectivity index (χ4n) is 2.78. The van der Waals surface area contributed by atoms with Crippen molar-refractivity contribution in [2.45, 2.75) is 51.6 Å². The summed E-state index contributed by atoms with van der Waals surface area (Å²) < 4.78 is 0. The lowest BCUT2D eigenvalue weighted by molar-refractivity contribution is 0.366. The van der Waals surface area contributed by atoms with E-state index in [1.54, 1.807) is 6.07 Å². The van der Waals surface area contributed by atoms with Crippen molar-refractivity contribution < 1.29 is 0 Å². The van der Waals surface area contributed by atoms with Gasteiger partial charge in [-0.3, -0.25) is 4.79 Å². The summed E-state index contributed by atoms with van der Waals surface area (Å²) in [7, 11) is 0. The van der Waals surface area contributed by atoms with E-state index in [4.69, 9.17) is 0 Å². The van der Waals surface area contributed by atoms with E-state index in [-0.39, 0.29) is 5.56 Å². The van der Waals surface area contributed by atoms with Crippen LogP contribution in [0.5, 0.6) is 0 Å². The molecule has 1 aliphatic rings. The third kappa shape index (κ3) is 3.56. The Morgan fingerprint density at radius 3 is 3.16 bits per heavy atom. The van der Waals surface area contributed by atoms with Crippen molar-refractivity contribution in [3.63, 3.8) is 0 Å². The van der Waals surface area contributed by atoms with E-state index in [0.717, 1.165) is 31.7 Å². The van der Waals surface area contributed by atoms with Gasteiger partial charge in [-0.15, -0.1) is 0 Å². The predicted octanol–water partition coefficient (Wildman–Crippen LogP) is 1.52. The molecule has 0 aliphatic carbocycles. The van der Waals surface area contributed by atoms with Gasteiger partial charge in [-0.25, -0.2) is 4.98 Å². The number of hydrogen-bond donors (Lipinski definition) is 2. The number of H-pyrrole nitrogens is 1. The van der Waals surface area contributed by atoms with Crippen molar-refractivity contribution in [2.75, 3.05) is 18.0 Å². The van der Waals surface area contributed by atoms with Gasteiger partial charge in [-0.1, -0.05) is 6.92 Å². The molecule has 5 nitrogen and oxygen atoms in total. The molecule has 2 atom stereocenters. The predicted molar refractivity (Wildman–Crippen MR) is 77.6 cm³/mol. The summed E-state index contributed by atoms with van der Waals surface area (Å²) in [6.45, 7) is 6.43. The van der Waals surface area contributed by atoms with Gasteiger partial charge in [0.15, 0.2) is 0 Å². The first-order valence-electron chi connectivity index (χ1n) is 7.27. The minimum absolute atomic E-state index is 0.0801. The molecule has 19 heavy (non-hydrogen) atoms. The highest BCUT2D eigenvalue weighted by Gasteiger charge is 2.28. The fourth-order valence-corrected chi connectivity index (χ4v) is 2.78. The van der Waals surface area contributed by atoms with E-state index < -0.39 is 0 Å². The van der Waals surface area contributed by atoms with Crippen LogP contribution in [0.2, 0.25) is 0 Å². The lowest BCUT2D eigenvalue weighted by Gasteiger charge is -2.40. The summed E-state index contributed by atoms with van der Waals surface area (Å²) in [5.74, 6) is 0.804. The standard InChI is InChI=1S/C14H24N4O/c1-3-7-15-11(2)12-6-4-5-8-18(12)13-9-14(19)17-10-16-13/h9-12,15H,3-8H2,1-2H3,(H,16,17,19). The first-order chi connectivity index (χ1) is 9.22. The number of aromatic nitrogens is 2. The molecule has 2 N–H and O–H groups in total. The van der Waals surface area contributed by atoms with Gasteiger partial charge in [-0.2, -0.15) is 0 Å². The first-order valence-corrected chi connectivity index (χ1v) is 7.27. The highest BCUT2D eigenvalue weighted by atomic mass is 16.1. The number of piperidine rings is 1. The molecule has 0 bridgehead atoms. The Bertz CT molecular complexity index is 445. The van der Waals surface area contributed by atoms with Gasteiger partial charge in [-0.05, 0) is 39.2 Å². The van der Waals surface area contributed by atoms with Crippen molar-refractivity contribution >= 4 is 5.82 Å². The van der Waals surface area contributed by atoms with Gasteiger partial charge >= 0.3 is 0 Å². The zero-order valence-electron chi connectivity index (χ0n) is 11.9. The van der Waals surface area contributed by atoms with Crippen LogP contribution in [-0.4, -0.2) is 35.1 Å². The zero-order chi connectivity index (χ0) is 13.7. The third-order valence-corrected chi connectivity index (χ3v) is 3.80. The van der Waals surface area contributed by atoms with E-state index in [2.05, 4.69) is 34.0 Å². The molecule has 106 valence electrons. The minimum atomic E-state index is -0.0801. The molecule has 5 heteroatoms. The number of rotatable bonds is 5. The van der Waals surface area contributed by atoms with E-state index in [1.807, 2.05) is 0 Å². The molecule has 1 aromatic rings. The number of hydrogen-bond acceptors (Lipinski definition) is 4. The molecule has 2 heterocycles. The number of nitrogens with one attached hydrogen (secondary N) is 2. The minimum Gasteiger partial charge on any atom is -0.352 e. The Hall–Kier alpha value is -1.36. The Labute approximate surface area is 114 Å². The summed E-state index contributed by atoms with van der Waals surface area (Å²) in [6.07, 6.45) is 6.22. The molecule has 0 radical (unpaired) electrons. The maximum Gasteiger partial charge on any atom is 0.252 e. The Morgan fingerprint density at radius 2 is 2.42 bits per heavy atom. The van der Waals surface area contributed by atoms with Crippen LogP contribution in [0, 0.1) is 0 Å². The number of anilines is 1. The van der Waals surface area contributed by atoms with Crippen molar-refractivity contribution in [3.05, 3.63) is 22.7 Å². The summed E-state index contributed by atoms with van der Waals surface area (Å²) >= 11 is 0. The molecule has 2 rings (SSSR count). The van der Waals surface area contributed by atoms with Gasteiger partial charge < -0.3 is 15.2 Å². The Kier molecular flexibility index (Phi) is 4.96. The third-order valence-electron chi connectivity index (χ3n) is 3.80. The first kappa shape index (κ1) is 14.1. The molecule has 0 spiro atoms. The van der Waals surface area contributed by atoms with Gasteiger partial charge in [0.1, 0.15) is 5.82 Å². The highest BCUT2D eigenvalue weighted by Crippen LogP contribution is 2.24. The fraction of sp³-hybridized carbons (Fsp3) is 0.714. The van der Waals surface area contributed by atoms with E-state index in [9.17, 15) is 4.79 Å². The van der Waals surface area contributed by atoms with Crippen molar-refractivity contribution in [2.24, 2.45) is 0 Å². The zero-order valence-corrected chi connectivity index (χ0v) is 11.9.